The maximum Gasteiger partial charge on any atom is 0.192 e. The second-order valence-corrected chi connectivity index (χ2v) is 5.37. The van der Waals surface area contributed by atoms with E-state index in [0.717, 1.165) is 0 Å². The molecule has 5 nitrogen and oxygen atoms in total. The third-order valence-corrected chi connectivity index (χ3v) is 3.64. The van der Waals surface area contributed by atoms with Gasteiger partial charge in [0.15, 0.2) is 11.0 Å². The highest BCUT2D eigenvalue weighted by molar-refractivity contribution is 7.99. The lowest BCUT2D eigenvalue weighted by atomic mass is 10.3. The van der Waals surface area contributed by atoms with Crippen LogP contribution in [-0.4, -0.2) is 20.5 Å². The molecule has 2 aromatic rings. The van der Waals surface area contributed by atoms with Crippen LogP contribution in [0.15, 0.2) is 42.1 Å². The average molecular weight is 321 g/mol. The molecule has 1 heterocycles. The van der Waals surface area contributed by atoms with Crippen LogP contribution in [0.4, 0.5) is 0 Å². The maximum atomic E-state index is 8.65. The standard InChI is InChI=1S/C14H13ClN4OS/c1-2-8-19-13(17-18-14(19)21-9-7-16)10-20-12-5-3-11(15)4-6-12/h2-6H,1,8-10H2. The zero-order valence-corrected chi connectivity index (χ0v) is 12.8. The number of aromatic nitrogens is 3. The van der Waals surface area contributed by atoms with E-state index >= 15 is 0 Å². The van der Waals surface area contributed by atoms with Gasteiger partial charge < -0.3 is 4.74 Å². The molecule has 2 rings (SSSR count). The fraction of sp³-hybridized carbons (Fsp3) is 0.214. The number of halogens is 1. The number of nitrogens with zero attached hydrogens (tertiary/aromatic N) is 4. The summed E-state index contributed by atoms with van der Waals surface area (Å²) in [6.45, 7) is 4.58. The fourth-order valence-electron chi connectivity index (χ4n) is 1.62. The molecule has 0 radical (unpaired) electrons. The van der Waals surface area contributed by atoms with Crippen molar-refractivity contribution in [2.75, 3.05) is 5.75 Å². The quantitative estimate of drug-likeness (QED) is 0.578. The summed E-state index contributed by atoms with van der Waals surface area (Å²) in [5.41, 5.74) is 0. The Morgan fingerprint density at radius 1 is 1.38 bits per heavy atom. The maximum absolute atomic E-state index is 8.65. The Balaban J connectivity index is 2.08. The van der Waals surface area contributed by atoms with E-state index in [9.17, 15) is 0 Å². The molecule has 0 aliphatic heterocycles. The molecule has 0 spiro atoms. The molecule has 0 atom stereocenters. The summed E-state index contributed by atoms with van der Waals surface area (Å²) in [5, 5.41) is 18.2. The molecule has 0 saturated heterocycles. The van der Waals surface area contributed by atoms with Gasteiger partial charge in [0, 0.05) is 11.6 Å². The normalized spacial score (nSPS) is 10.1. The lowest BCUT2D eigenvalue weighted by Crippen LogP contribution is -2.07. The highest BCUT2D eigenvalue weighted by Crippen LogP contribution is 2.19. The molecule has 0 saturated carbocycles. The van der Waals surface area contributed by atoms with E-state index < -0.39 is 0 Å². The minimum Gasteiger partial charge on any atom is -0.486 e. The molecule has 0 N–H and O–H groups in total. The Morgan fingerprint density at radius 3 is 2.81 bits per heavy atom. The van der Waals surface area contributed by atoms with Crippen LogP contribution in [0.25, 0.3) is 0 Å². The topological polar surface area (TPSA) is 63.7 Å². The number of thioether (sulfide) groups is 1. The zero-order valence-electron chi connectivity index (χ0n) is 11.2. The van der Waals surface area contributed by atoms with Gasteiger partial charge in [-0.15, -0.1) is 16.8 Å². The van der Waals surface area contributed by atoms with Crippen LogP contribution in [-0.2, 0) is 13.2 Å². The molecule has 0 fully saturated rings. The zero-order chi connectivity index (χ0) is 15.1. The van der Waals surface area contributed by atoms with Crippen LogP contribution >= 0.6 is 23.4 Å². The summed E-state index contributed by atoms with van der Waals surface area (Å²) in [6.07, 6.45) is 1.76. The number of ether oxygens (including phenoxy) is 1. The molecule has 0 bridgehead atoms. The van der Waals surface area contributed by atoms with E-state index in [1.165, 1.54) is 11.8 Å². The predicted molar refractivity (Wildman–Crippen MR) is 82.3 cm³/mol. The van der Waals surface area contributed by atoms with Crippen LogP contribution in [0, 0.1) is 11.3 Å². The lowest BCUT2D eigenvalue weighted by molar-refractivity contribution is 0.289. The van der Waals surface area contributed by atoms with Crippen LogP contribution < -0.4 is 4.74 Å². The molecule has 0 aliphatic rings. The minimum absolute atomic E-state index is 0.287. The summed E-state index contributed by atoms with van der Waals surface area (Å²) in [7, 11) is 0. The Kier molecular flexibility index (Phi) is 5.67. The van der Waals surface area contributed by atoms with Crippen molar-refractivity contribution in [2.45, 2.75) is 18.3 Å². The number of hydrogen-bond acceptors (Lipinski definition) is 5. The minimum atomic E-state index is 0.287. The Bertz CT molecular complexity index is 648. The Hall–Kier alpha value is -1.97. The lowest BCUT2D eigenvalue weighted by Gasteiger charge is -2.08. The van der Waals surface area contributed by atoms with Crippen molar-refractivity contribution >= 4 is 23.4 Å². The first-order chi connectivity index (χ1) is 10.2. The summed E-state index contributed by atoms with van der Waals surface area (Å²) < 4.78 is 7.54. The average Bonchev–Trinajstić information content (AvgIpc) is 2.87. The summed E-state index contributed by atoms with van der Waals surface area (Å²) >= 11 is 7.16. The Labute approximate surface area is 132 Å². The first-order valence-electron chi connectivity index (χ1n) is 6.15. The van der Waals surface area contributed by atoms with Gasteiger partial charge in [0.25, 0.3) is 0 Å². The molecule has 0 unspecified atom stereocenters. The molecular weight excluding hydrogens is 308 g/mol. The monoisotopic (exact) mass is 320 g/mol. The third kappa shape index (κ3) is 4.25. The van der Waals surface area contributed by atoms with Gasteiger partial charge >= 0.3 is 0 Å². The van der Waals surface area contributed by atoms with Crippen molar-refractivity contribution in [3.63, 3.8) is 0 Å². The Morgan fingerprint density at radius 2 is 2.14 bits per heavy atom. The van der Waals surface area contributed by atoms with Crippen molar-refractivity contribution in [3.05, 3.63) is 47.8 Å². The molecule has 7 heteroatoms. The largest absolute Gasteiger partial charge is 0.486 e. The summed E-state index contributed by atoms with van der Waals surface area (Å²) in [4.78, 5) is 0. The van der Waals surface area contributed by atoms with Gasteiger partial charge in [0.05, 0.1) is 11.8 Å². The van der Waals surface area contributed by atoms with E-state index in [1.807, 2.05) is 4.57 Å². The summed E-state index contributed by atoms with van der Waals surface area (Å²) in [6, 6.07) is 9.18. The molecule has 108 valence electrons. The smallest absolute Gasteiger partial charge is 0.192 e. The van der Waals surface area contributed by atoms with E-state index in [1.54, 1.807) is 30.3 Å². The molecule has 0 amide bonds. The van der Waals surface area contributed by atoms with Gasteiger partial charge in [0.1, 0.15) is 12.4 Å². The van der Waals surface area contributed by atoms with Crippen LogP contribution in [0.5, 0.6) is 5.75 Å². The molecule has 21 heavy (non-hydrogen) atoms. The van der Waals surface area contributed by atoms with Gasteiger partial charge in [-0.05, 0) is 24.3 Å². The van der Waals surface area contributed by atoms with Gasteiger partial charge in [-0.25, -0.2) is 0 Å². The number of rotatable bonds is 7. The molecule has 0 aliphatic carbocycles. The van der Waals surface area contributed by atoms with Crippen LogP contribution in [0.1, 0.15) is 5.82 Å². The van der Waals surface area contributed by atoms with E-state index in [-0.39, 0.29) is 6.61 Å². The van der Waals surface area contributed by atoms with Crippen molar-refractivity contribution < 1.29 is 4.74 Å². The van der Waals surface area contributed by atoms with Gasteiger partial charge in [-0.2, -0.15) is 5.26 Å². The first-order valence-corrected chi connectivity index (χ1v) is 7.52. The highest BCUT2D eigenvalue weighted by atomic mass is 35.5. The van der Waals surface area contributed by atoms with Gasteiger partial charge in [-0.3, -0.25) is 4.57 Å². The predicted octanol–water partition coefficient (Wildman–Crippen LogP) is 3.31. The van der Waals surface area contributed by atoms with E-state index in [2.05, 4.69) is 22.8 Å². The third-order valence-electron chi connectivity index (χ3n) is 2.55. The van der Waals surface area contributed by atoms with Crippen molar-refractivity contribution in [1.82, 2.24) is 14.8 Å². The van der Waals surface area contributed by atoms with Crippen molar-refractivity contribution in [3.8, 4) is 11.8 Å². The van der Waals surface area contributed by atoms with Gasteiger partial charge in [0.2, 0.25) is 0 Å². The number of hydrogen-bond donors (Lipinski definition) is 0. The van der Waals surface area contributed by atoms with E-state index in [0.29, 0.717) is 34.1 Å². The molecule has 1 aromatic carbocycles. The number of benzene rings is 1. The SMILES string of the molecule is C=CCn1c(COc2ccc(Cl)cc2)nnc1SCC#N. The first kappa shape index (κ1) is 15.4. The van der Waals surface area contributed by atoms with Gasteiger partial charge in [-0.1, -0.05) is 29.4 Å². The van der Waals surface area contributed by atoms with Crippen molar-refractivity contribution in [2.24, 2.45) is 0 Å². The molecular formula is C14H13ClN4OS. The summed E-state index contributed by atoms with van der Waals surface area (Å²) in [5.74, 6) is 1.72. The van der Waals surface area contributed by atoms with E-state index in [4.69, 9.17) is 21.6 Å². The fourth-order valence-corrected chi connectivity index (χ4v) is 2.37. The molecule has 1 aromatic heterocycles. The second-order valence-electron chi connectivity index (χ2n) is 3.99. The van der Waals surface area contributed by atoms with Crippen LogP contribution in [0.2, 0.25) is 5.02 Å². The number of nitriles is 1. The second kappa shape index (κ2) is 7.72. The number of allylic oxidation sites excluding steroid dienone is 1. The van der Waals surface area contributed by atoms with Crippen LogP contribution in [0.3, 0.4) is 0 Å². The highest BCUT2D eigenvalue weighted by Gasteiger charge is 2.12. The van der Waals surface area contributed by atoms with Crippen molar-refractivity contribution in [1.29, 1.82) is 5.26 Å².